The number of hydrogen-bond acceptors (Lipinski definition) is 4. The van der Waals surface area contributed by atoms with Crippen LogP contribution >= 0.6 is 0 Å². The first-order valence-electron chi connectivity index (χ1n) is 5.39. The zero-order valence-corrected chi connectivity index (χ0v) is 9.84. The van der Waals surface area contributed by atoms with Crippen molar-refractivity contribution in [2.45, 2.75) is 19.6 Å². The number of carbonyl (C=O) groups is 1. The Kier molecular flexibility index (Phi) is 3.19. The highest BCUT2D eigenvalue weighted by atomic mass is 16.7. The molecule has 0 spiro atoms. The Balaban J connectivity index is 2.06. The molecule has 1 aromatic rings. The first-order valence-corrected chi connectivity index (χ1v) is 5.39. The molecule has 0 aliphatic carbocycles. The van der Waals surface area contributed by atoms with Crippen molar-refractivity contribution in [2.75, 3.05) is 13.8 Å². The number of ether oxygens (including phenoxy) is 2. The summed E-state index contributed by atoms with van der Waals surface area (Å²) in [6.45, 7) is 2.13. The summed E-state index contributed by atoms with van der Waals surface area (Å²) in [7, 11) is 1.65. The van der Waals surface area contributed by atoms with E-state index < -0.39 is 6.10 Å². The summed E-state index contributed by atoms with van der Waals surface area (Å²) in [5.41, 5.74) is 0.936. The van der Waals surface area contributed by atoms with Gasteiger partial charge in [0.2, 0.25) is 6.79 Å². The molecule has 1 aliphatic heterocycles. The lowest BCUT2D eigenvalue weighted by Gasteiger charge is -2.18. The predicted molar refractivity (Wildman–Crippen MR) is 60.7 cm³/mol. The van der Waals surface area contributed by atoms with Crippen molar-refractivity contribution in [3.05, 3.63) is 23.8 Å². The highest BCUT2D eigenvalue weighted by Gasteiger charge is 2.17. The van der Waals surface area contributed by atoms with Crippen molar-refractivity contribution in [1.29, 1.82) is 0 Å². The molecule has 0 saturated carbocycles. The summed E-state index contributed by atoms with van der Waals surface area (Å²) in [4.78, 5) is 13.0. The maximum Gasteiger partial charge on any atom is 0.251 e. The third-order valence-corrected chi connectivity index (χ3v) is 2.59. The van der Waals surface area contributed by atoms with Crippen molar-refractivity contribution < 1.29 is 19.4 Å². The summed E-state index contributed by atoms with van der Waals surface area (Å²) in [5, 5.41) is 9.19. The van der Waals surface area contributed by atoms with Gasteiger partial charge in [0.1, 0.15) is 6.10 Å². The molecule has 0 radical (unpaired) electrons. The van der Waals surface area contributed by atoms with Crippen molar-refractivity contribution in [3.8, 4) is 11.5 Å². The predicted octanol–water partition coefficient (Wildman–Crippen LogP) is 0.754. The second kappa shape index (κ2) is 4.63. The van der Waals surface area contributed by atoms with Gasteiger partial charge in [0, 0.05) is 13.6 Å². The van der Waals surface area contributed by atoms with Gasteiger partial charge in [0.25, 0.3) is 5.91 Å². The Morgan fingerprint density at radius 1 is 1.47 bits per heavy atom. The lowest BCUT2D eigenvalue weighted by Crippen LogP contribution is -2.34. The first kappa shape index (κ1) is 11.7. The van der Waals surface area contributed by atoms with E-state index in [1.54, 1.807) is 7.05 Å². The standard InChI is InChI=1S/C12H15NO4/c1-8(14)12(15)13(2)6-9-3-4-10-11(5-9)17-7-16-10/h3-5,8,14H,6-7H2,1-2H3. The van der Waals surface area contributed by atoms with Gasteiger partial charge in [-0.05, 0) is 24.6 Å². The van der Waals surface area contributed by atoms with Crippen molar-refractivity contribution in [1.82, 2.24) is 4.90 Å². The van der Waals surface area contributed by atoms with Crippen LogP contribution < -0.4 is 9.47 Å². The van der Waals surface area contributed by atoms with Gasteiger partial charge in [-0.3, -0.25) is 4.79 Å². The van der Waals surface area contributed by atoms with Gasteiger partial charge in [-0.15, -0.1) is 0 Å². The average Bonchev–Trinajstić information content (AvgIpc) is 2.74. The minimum atomic E-state index is -0.978. The number of aliphatic hydroxyl groups is 1. The summed E-state index contributed by atoms with van der Waals surface area (Å²) in [6, 6.07) is 5.53. The maximum absolute atomic E-state index is 11.5. The number of nitrogens with zero attached hydrogens (tertiary/aromatic N) is 1. The normalized spacial score (nSPS) is 14.5. The molecule has 1 aromatic carbocycles. The van der Waals surface area contributed by atoms with Crippen molar-refractivity contribution >= 4 is 5.91 Å². The number of fused-ring (bicyclic) bond motifs is 1. The molecule has 92 valence electrons. The number of amides is 1. The zero-order chi connectivity index (χ0) is 12.4. The van der Waals surface area contributed by atoms with E-state index in [0.29, 0.717) is 12.3 Å². The van der Waals surface area contributed by atoms with Gasteiger partial charge in [0.05, 0.1) is 0 Å². The van der Waals surface area contributed by atoms with E-state index >= 15 is 0 Å². The Morgan fingerprint density at radius 3 is 2.88 bits per heavy atom. The zero-order valence-electron chi connectivity index (χ0n) is 9.84. The molecule has 0 aromatic heterocycles. The Hall–Kier alpha value is -1.75. The molecule has 1 amide bonds. The Labute approximate surface area is 99.6 Å². The number of aliphatic hydroxyl groups excluding tert-OH is 1. The third-order valence-electron chi connectivity index (χ3n) is 2.59. The van der Waals surface area contributed by atoms with Crippen LogP contribution in [0.2, 0.25) is 0 Å². The molecule has 17 heavy (non-hydrogen) atoms. The molecule has 1 atom stereocenters. The first-order chi connectivity index (χ1) is 8.08. The molecule has 1 heterocycles. The summed E-state index contributed by atoms with van der Waals surface area (Å²) >= 11 is 0. The average molecular weight is 237 g/mol. The summed E-state index contributed by atoms with van der Waals surface area (Å²) < 4.78 is 10.5. The second-order valence-electron chi connectivity index (χ2n) is 4.06. The van der Waals surface area contributed by atoms with Gasteiger partial charge < -0.3 is 19.5 Å². The molecule has 5 nitrogen and oxygen atoms in total. The fourth-order valence-corrected chi connectivity index (χ4v) is 1.71. The molecule has 1 N–H and O–H groups in total. The van der Waals surface area contributed by atoms with E-state index in [2.05, 4.69) is 0 Å². The van der Waals surface area contributed by atoms with Gasteiger partial charge in [0.15, 0.2) is 11.5 Å². The van der Waals surface area contributed by atoms with E-state index in [0.717, 1.165) is 11.3 Å². The van der Waals surface area contributed by atoms with Gasteiger partial charge in [-0.25, -0.2) is 0 Å². The van der Waals surface area contributed by atoms with Crippen LogP contribution in [0.15, 0.2) is 18.2 Å². The highest BCUT2D eigenvalue weighted by Crippen LogP contribution is 2.32. The Bertz CT molecular complexity index is 431. The maximum atomic E-state index is 11.5. The third kappa shape index (κ3) is 2.50. The molecule has 0 bridgehead atoms. The van der Waals surface area contributed by atoms with Gasteiger partial charge >= 0.3 is 0 Å². The molecule has 1 unspecified atom stereocenters. The van der Waals surface area contributed by atoms with Gasteiger partial charge in [-0.1, -0.05) is 6.07 Å². The topological polar surface area (TPSA) is 59.0 Å². The van der Waals surface area contributed by atoms with Crippen molar-refractivity contribution in [3.63, 3.8) is 0 Å². The fourth-order valence-electron chi connectivity index (χ4n) is 1.71. The van der Waals surface area contributed by atoms with Crippen LogP contribution in [0.3, 0.4) is 0 Å². The van der Waals surface area contributed by atoms with E-state index in [-0.39, 0.29) is 12.7 Å². The Morgan fingerprint density at radius 2 is 2.18 bits per heavy atom. The van der Waals surface area contributed by atoms with Crippen LogP contribution in [0.4, 0.5) is 0 Å². The molecule has 2 rings (SSSR count). The molecule has 0 saturated heterocycles. The monoisotopic (exact) mass is 237 g/mol. The van der Waals surface area contributed by atoms with E-state index in [1.165, 1.54) is 11.8 Å². The van der Waals surface area contributed by atoms with E-state index in [1.807, 2.05) is 18.2 Å². The fraction of sp³-hybridized carbons (Fsp3) is 0.417. The SMILES string of the molecule is CC(O)C(=O)N(C)Cc1ccc2c(c1)OCO2. The lowest BCUT2D eigenvalue weighted by atomic mass is 10.2. The van der Waals surface area contributed by atoms with Gasteiger partial charge in [-0.2, -0.15) is 0 Å². The number of rotatable bonds is 3. The lowest BCUT2D eigenvalue weighted by molar-refractivity contribution is -0.138. The number of likely N-dealkylation sites (N-methyl/N-ethyl adjacent to an activating group) is 1. The van der Waals surface area contributed by atoms with Crippen LogP contribution in [-0.4, -0.2) is 35.9 Å². The van der Waals surface area contributed by atoms with Crippen molar-refractivity contribution in [2.24, 2.45) is 0 Å². The smallest absolute Gasteiger partial charge is 0.251 e. The van der Waals surface area contributed by atoms with Crippen LogP contribution in [0.5, 0.6) is 11.5 Å². The highest BCUT2D eigenvalue weighted by molar-refractivity contribution is 5.79. The minimum Gasteiger partial charge on any atom is -0.454 e. The molecule has 0 fully saturated rings. The van der Waals surface area contributed by atoms with Crippen LogP contribution in [0.25, 0.3) is 0 Å². The van der Waals surface area contributed by atoms with E-state index in [4.69, 9.17) is 9.47 Å². The molecule has 5 heteroatoms. The quantitative estimate of drug-likeness (QED) is 0.843. The number of hydrogen-bond donors (Lipinski definition) is 1. The van der Waals surface area contributed by atoms with E-state index in [9.17, 15) is 9.90 Å². The molecule has 1 aliphatic rings. The molecular weight excluding hydrogens is 222 g/mol. The minimum absolute atomic E-state index is 0.237. The van der Waals surface area contributed by atoms with Crippen LogP contribution in [0, 0.1) is 0 Å². The van der Waals surface area contributed by atoms with Crippen LogP contribution in [-0.2, 0) is 11.3 Å². The summed E-state index contributed by atoms with van der Waals surface area (Å²) in [5.74, 6) is 1.11. The summed E-state index contributed by atoms with van der Waals surface area (Å²) in [6.07, 6.45) is -0.978. The number of carbonyl (C=O) groups excluding carboxylic acids is 1. The molecular formula is C12H15NO4. The second-order valence-corrected chi connectivity index (χ2v) is 4.06. The van der Waals surface area contributed by atoms with Crippen LogP contribution in [0.1, 0.15) is 12.5 Å². The number of benzene rings is 1. The largest absolute Gasteiger partial charge is 0.454 e.